The van der Waals surface area contributed by atoms with Gasteiger partial charge in [0.05, 0.1) is 44.3 Å². The van der Waals surface area contributed by atoms with E-state index in [1.54, 1.807) is 11.0 Å². The molecule has 31 heavy (non-hydrogen) atoms. The molecule has 8 heteroatoms. The summed E-state index contributed by atoms with van der Waals surface area (Å²) in [5.74, 6) is 0.954. The summed E-state index contributed by atoms with van der Waals surface area (Å²) in [5, 5.41) is 2.92. The third-order valence-corrected chi connectivity index (χ3v) is 5.26. The largest absolute Gasteiger partial charge is 0.492 e. The van der Waals surface area contributed by atoms with Crippen molar-refractivity contribution < 1.29 is 23.8 Å². The number of para-hydroxylation sites is 4. The van der Waals surface area contributed by atoms with Crippen molar-refractivity contribution in [2.45, 2.75) is 13.0 Å². The van der Waals surface area contributed by atoms with Crippen LogP contribution < -0.4 is 19.7 Å². The molecular weight excluding hydrogens is 398 g/mol. The zero-order valence-electron chi connectivity index (χ0n) is 17.6. The van der Waals surface area contributed by atoms with Crippen LogP contribution in [-0.2, 0) is 14.3 Å². The normalized spacial score (nSPS) is 18.0. The number of carbonyl (C=O) groups is 2. The van der Waals surface area contributed by atoms with Gasteiger partial charge in [-0.25, -0.2) is 0 Å². The summed E-state index contributed by atoms with van der Waals surface area (Å²) >= 11 is 0. The minimum Gasteiger partial charge on any atom is -0.492 e. The van der Waals surface area contributed by atoms with Gasteiger partial charge in [0.2, 0.25) is 5.91 Å². The minimum atomic E-state index is -0.670. The molecule has 2 amide bonds. The number of nitrogens with zero attached hydrogens (tertiary/aromatic N) is 2. The fraction of sp³-hybridized carbons (Fsp3) is 0.391. The molecule has 0 radical (unpaired) electrons. The van der Waals surface area contributed by atoms with Gasteiger partial charge in [-0.2, -0.15) is 0 Å². The summed E-state index contributed by atoms with van der Waals surface area (Å²) in [5.41, 5.74) is 1.42. The second-order valence-electron chi connectivity index (χ2n) is 7.37. The fourth-order valence-electron chi connectivity index (χ4n) is 3.79. The van der Waals surface area contributed by atoms with Crippen LogP contribution in [0.15, 0.2) is 48.5 Å². The summed E-state index contributed by atoms with van der Waals surface area (Å²) in [6.45, 7) is 4.95. The molecule has 4 rings (SSSR count). The van der Waals surface area contributed by atoms with Gasteiger partial charge in [0.25, 0.3) is 5.91 Å². The van der Waals surface area contributed by atoms with E-state index < -0.39 is 6.10 Å². The highest BCUT2D eigenvalue weighted by molar-refractivity contribution is 5.96. The maximum absolute atomic E-state index is 13.0. The maximum atomic E-state index is 13.0. The van der Waals surface area contributed by atoms with E-state index in [9.17, 15) is 9.59 Å². The average molecular weight is 425 g/mol. The Bertz CT molecular complexity index is 929. The summed E-state index contributed by atoms with van der Waals surface area (Å²) in [7, 11) is 0. The molecular formula is C23H27N3O5. The SMILES string of the molecule is CCOc1ccccc1NC(=O)CN1C[C@@H](C(=O)N2CCOCC2)Oc2ccccc21. The van der Waals surface area contributed by atoms with Gasteiger partial charge >= 0.3 is 0 Å². The van der Waals surface area contributed by atoms with Gasteiger partial charge in [-0.3, -0.25) is 9.59 Å². The molecule has 1 N–H and O–H groups in total. The van der Waals surface area contributed by atoms with Gasteiger partial charge in [0.15, 0.2) is 6.10 Å². The Morgan fingerprint density at radius 2 is 1.84 bits per heavy atom. The van der Waals surface area contributed by atoms with Crippen LogP contribution in [0, 0.1) is 0 Å². The van der Waals surface area contributed by atoms with Crippen LogP contribution in [0.3, 0.4) is 0 Å². The summed E-state index contributed by atoms with van der Waals surface area (Å²) in [6.07, 6.45) is -0.670. The smallest absolute Gasteiger partial charge is 0.265 e. The Kier molecular flexibility index (Phi) is 6.57. The number of rotatable bonds is 6. The van der Waals surface area contributed by atoms with Crippen molar-refractivity contribution in [2.75, 3.05) is 56.2 Å². The van der Waals surface area contributed by atoms with E-state index in [4.69, 9.17) is 14.2 Å². The van der Waals surface area contributed by atoms with Gasteiger partial charge in [-0.1, -0.05) is 24.3 Å². The highest BCUT2D eigenvalue weighted by atomic mass is 16.5. The first-order valence-corrected chi connectivity index (χ1v) is 10.5. The first kappa shape index (κ1) is 21.0. The Labute approximate surface area is 181 Å². The number of anilines is 2. The summed E-state index contributed by atoms with van der Waals surface area (Å²) < 4.78 is 16.9. The number of hydrogen-bond donors (Lipinski definition) is 1. The third kappa shape index (κ3) is 4.91. The highest BCUT2D eigenvalue weighted by Crippen LogP contribution is 2.33. The first-order chi connectivity index (χ1) is 15.2. The van der Waals surface area contributed by atoms with E-state index in [-0.39, 0.29) is 18.4 Å². The monoisotopic (exact) mass is 425 g/mol. The van der Waals surface area contributed by atoms with Crippen molar-refractivity contribution in [3.63, 3.8) is 0 Å². The van der Waals surface area contributed by atoms with Crippen LogP contribution in [-0.4, -0.2) is 68.8 Å². The number of carbonyl (C=O) groups excluding carboxylic acids is 2. The van der Waals surface area contributed by atoms with Crippen molar-refractivity contribution in [2.24, 2.45) is 0 Å². The number of benzene rings is 2. The van der Waals surface area contributed by atoms with Crippen molar-refractivity contribution >= 4 is 23.2 Å². The Morgan fingerprint density at radius 1 is 1.10 bits per heavy atom. The molecule has 1 saturated heterocycles. The van der Waals surface area contributed by atoms with E-state index >= 15 is 0 Å². The number of hydrogen-bond acceptors (Lipinski definition) is 6. The van der Waals surface area contributed by atoms with E-state index in [1.807, 2.05) is 54.3 Å². The van der Waals surface area contributed by atoms with Gasteiger partial charge in [0, 0.05) is 13.1 Å². The first-order valence-electron chi connectivity index (χ1n) is 10.5. The number of ether oxygens (including phenoxy) is 3. The summed E-state index contributed by atoms with van der Waals surface area (Å²) in [4.78, 5) is 29.5. The molecule has 1 atom stereocenters. The van der Waals surface area contributed by atoms with Gasteiger partial charge in [0.1, 0.15) is 11.5 Å². The van der Waals surface area contributed by atoms with E-state index in [2.05, 4.69) is 5.32 Å². The van der Waals surface area contributed by atoms with Gasteiger partial charge in [-0.15, -0.1) is 0 Å². The molecule has 2 heterocycles. The lowest BCUT2D eigenvalue weighted by atomic mass is 10.1. The lowest BCUT2D eigenvalue weighted by Crippen LogP contribution is -2.53. The molecule has 2 aromatic carbocycles. The zero-order chi connectivity index (χ0) is 21.6. The second kappa shape index (κ2) is 9.70. The van der Waals surface area contributed by atoms with Crippen molar-refractivity contribution in [3.8, 4) is 11.5 Å². The molecule has 2 aliphatic rings. The predicted octanol–water partition coefficient (Wildman–Crippen LogP) is 2.15. The quantitative estimate of drug-likeness (QED) is 0.764. The Hall–Kier alpha value is -3.26. The van der Waals surface area contributed by atoms with Crippen LogP contribution >= 0.6 is 0 Å². The molecule has 0 aromatic heterocycles. The zero-order valence-corrected chi connectivity index (χ0v) is 17.6. The van der Waals surface area contributed by atoms with Crippen molar-refractivity contribution in [1.29, 1.82) is 0 Å². The molecule has 0 spiro atoms. The highest BCUT2D eigenvalue weighted by Gasteiger charge is 2.34. The molecule has 0 aliphatic carbocycles. The van der Waals surface area contributed by atoms with Crippen LogP contribution in [0.25, 0.3) is 0 Å². The third-order valence-electron chi connectivity index (χ3n) is 5.26. The predicted molar refractivity (Wildman–Crippen MR) is 117 cm³/mol. The molecule has 1 fully saturated rings. The van der Waals surface area contributed by atoms with Crippen molar-refractivity contribution in [3.05, 3.63) is 48.5 Å². The molecule has 2 aliphatic heterocycles. The minimum absolute atomic E-state index is 0.0788. The average Bonchev–Trinajstić information content (AvgIpc) is 2.80. The standard InChI is InChI=1S/C23H27N3O5/c1-2-30-19-9-5-3-7-17(19)24-22(27)16-26-15-21(23(28)25-11-13-29-14-12-25)31-20-10-6-4-8-18(20)26/h3-10,21H,2,11-16H2,1H3,(H,24,27)/t21-/m0/s1. The van der Waals surface area contributed by atoms with E-state index in [1.165, 1.54) is 0 Å². The molecule has 164 valence electrons. The van der Waals surface area contributed by atoms with Crippen LogP contribution in [0.4, 0.5) is 11.4 Å². The number of nitrogens with one attached hydrogen (secondary N) is 1. The van der Waals surface area contributed by atoms with Crippen LogP contribution in [0.1, 0.15) is 6.92 Å². The molecule has 2 aromatic rings. The molecule has 8 nitrogen and oxygen atoms in total. The lowest BCUT2D eigenvalue weighted by molar-refractivity contribution is -0.142. The second-order valence-corrected chi connectivity index (χ2v) is 7.37. The number of morpholine rings is 1. The molecule has 0 saturated carbocycles. The number of amides is 2. The van der Waals surface area contributed by atoms with Gasteiger partial charge in [-0.05, 0) is 31.2 Å². The van der Waals surface area contributed by atoms with Gasteiger partial charge < -0.3 is 29.3 Å². The summed E-state index contributed by atoms with van der Waals surface area (Å²) in [6, 6.07) is 14.8. The maximum Gasteiger partial charge on any atom is 0.265 e. The molecule has 0 bridgehead atoms. The Balaban J connectivity index is 1.48. The lowest BCUT2D eigenvalue weighted by Gasteiger charge is -2.38. The van der Waals surface area contributed by atoms with Crippen LogP contribution in [0.5, 0.6) is 11.5 Å². The van der Waals surface area contributed by atoms with E-state index in [0.29, 0.717) is 56.6 Å². The van der Waals surface area contributed by atoms with Crippen LogP contribution in [0.2, 0.25) is 0 Å². The topological polar surface area (TPSA) is 80.3 Å². The Morgan fingerprint density at radius 3 is 2.65 bits per heavy atom. The molecule has 0 unspecified atom stereocenters. The van der Waals surface area contributed by atoms with E-state index in [0.717, 1.165) is 5.69 Å². The number of fused-ring (bicyclic) bond motifs is 1. The fourth-order valence-corrected chi connectivity index (χ4v) is 3.79. The van der Waals surface area contributed by atoms with Crippen molar-refractivity contribution in [1.82, 2.24) is 4.90 Å².